The van der Waals surface area contributed by atoms with Crippen molar-refractivity contribution < 1.29 is 24.0 Å². The van der Waals surface area contributed by atoms with Crippen molar-refractivity contribution in [2.45, 2.75) is 26.3 Å². The van der Waals surface area contributed by atoms with E-state index in [1.165, 1.54) is 31.4 Å². The summed E-state index contributed by atoms with van der Waals surface area (Å²) in [5.41, 5.74) is -0.0653. The summed E-state index contributed by atoms with van der Waals surface area (Å²) in [7, 11) is 1.26. The fraction of sp³-hybridized carbons (Fsp3) is 0.467. The van der Waals surface area contributed by atoms with Gasteiger partial charge in [0.1, 0.15) is 11.8 Å². The maximum absolute atomic E-state index is 11.9. The fourth-order valence-electron chi connectivity index (χ4n) is 1.88. The number of hydrogen-bond acceptors (Lipinski definition) is 6. The third kappa shape index (κ3) is 6.33. The first-order chi connectivity index (χ1) is 10.8. The molecule has 0 saturated carbocycles. The molecule has 0 aliphatic rings. The minimum Gasteiger partial charge on any atom is -0.484 e. The Morgan fingerprint density at radius 2 is 1.87 bits per heavy atom. The molecule has 0 aromatic heterocycles. The Morgan fingerprint density at radius 1 is 1.26 bits per heavy atom. The molecule has 8 heteroatoms. The molecule has 0 spiro atoms. The highest BCUT2D eigenvalue weighted by Gasteiger charge is 2.22. The Bertz CT molecular complexity index is 556. The number of benzene rings is 1. The second-order valence-corrected chi connectivity index (χ2v) is 5.31. The number of carbonyl (C=O) groups is 2. The zero-order chi connectivity index (χ0) is 17.4. The standard InChI is InChI=1S/C15H20N2O6/c1-10(2)8-13(15(19)22-3)16-14(18)9-23-12-6-4-11(5-7-12)17(20)21/h4-7,10,13H,8-9H2,1-3H3,(H,16,18)/t13-/m0/s1. The second-order valence-electron chi connectivity index (χ2n) is 5.31. The average molecular weight is 324 g/mol. The van der Waals surface area contributed by atoms with Crippen LogP contribution in [0.4, 0.5) is 5.69 Å². The zero-order valence-corrected chi connectivity index (χ0v) is 13.3. The smallest absolute Gasteiger partial charge is 0.328 e. The van der Waals surface area contributed by atoms with Gasteiger partial charge in [0.2, 0.25) is 0 Å². The van der Waals surface area contributed by atoms with Crippen LogP contribution in [0.1, 0.15) is 20.3 Å². The van der Waals surface area contributed by atoms with Crippen molar-refractivity contribution in [2.24, 2.45) is 5.92 Å². The molecule has 0 aliphatic carbocycles. The van der Waals surface area contributed by atoms with Gasteiger partial charge in [-0.25, -0.2) is 4.79 Å². The number of nitro benzene ring substituents is 1. The van der Waals surface area contributed by atoms with E-state index in [0.717, 1.165) is 0 Å². The topological polar surface area (TPSA) is 108 Å². The number of hydrogen-bond donors (Lipinski definition) is 1. The van der Waals surface area contributed by atoms with Gasteiger partial charge in [0.05, 0.1) is 12.0 Å². The number of nitrogens with zero attached hydrogens (tertiary/aromatic N) is 1. The van der Waals surface area contributed by atoms with Crippen LogP contribution in [0.15, 0.2) is 24.3 Å². The summed E-state index contributed by atoms with van der Waals surface area (Å²) in [6.07, 6.45) is 0.454. The lowest BCUT2D eigenvalue weighted by Gasteiger charge is -2.18. The van der Waals surface area contributed by atoms with E-state index in [1.54, 1.807) is 0 Å². The van der Waals surface area contributed by atoms with Crippen LogP contribution in [-0.4, -0.2) is 36.6 Å². The first-order valence-electron chi connectivity index (χ1n) is 7.08. The number of rotatable bonds is 8. The third-order valence-electron chi connectivity index (χ3n) is 2.95. The summed E-state index contributed by atoms with van der Waals surface area (Å²) in [4.78, 5) is 33.5. The molecule has 1 atom stereocenters. The van der Waals surface area contributed by atoms with Crippen LogP contribution in [-0.2, 0) is 14.3 Å². The lowest BCUT2D eigenvalue weighted by atomic mass is 10.0. The number of carbonyl (C=O) groups excluding carboxylic acids is 2. The quantitative estimate of drug-likeness (QED) is 0.443. The predicted molar refractivity (Wildman–Crippen MR) is 82.0 cm³/mol. The summed E-state index contributed by atoms with van der Waals surface area (Å²) < 4.78 is 9.89. The minimum absolute atomic E-state index is 0.0653. The van der Waals surface area contributed by atoms with E-state index in [4.69, 9.17) is 4.74 Å². The van der Waals surface area contributed by atoms with Gasteiger partial charge < -0.3 is 14.8 Å². The van der Waals surface area contributed by atoms with Crippen LogP contribution in [0.2, 0.25) is 0 Å². The Hall–Kier alpha value is -2.64. The van der Waals surface area contributed by atoms with E-state index in [0.29, 0.717) is 12.2 Å². The summed E-state index contributed by atoms with van der Waals surface area (Å²) >= 11 is 0. The monoisotopic (exact) mass is 324 g/mol. The molecule has 1 aromatic rings. The lowest BCUT2D eigenvalue weighted by molar-refractivity contribution is -0.384. The predicted octanol–water partition coefficient (Wildman–Crippen LogP) is 1.68. The number of esters is 1. The summed E-state index contributed by atoms with van der Waals surface area (Å²) in [5.74, 6) is -0.457. The lowest BCUT2D eigenvalue weighted by Crippen LogP contribution is -2.44. The molecule has 1 N–H and O–H groups in total. The molecule has 1 amide bonds. The van der Waals surface area contributed by atoms with E-state index in [9.17, 15) is 19.7 Å². The summed E-state index contributed by atoms with van der Waals surface area (Å²) in [6.45, 7) is 3.55. The molecule has 23 heavy (non-hydrogen) atoms. The Balaban J connectivity index is 2.54. The molecule has 0 saturated heterocycles. The van der Waals surface area contributed by atoms with Gasteiger partial charge in [0.25, 0.3) is 11.6 Å². The maximum atomic E-state index is 11.9. The number of nitrogens with one attached hydrogen (secondary N) is 1. The van der Waals surface area contributed by atoms with Crippen LogP contribution >= 0.6 is 0 Å². The van der Waals surface area contributed by atoms with Gasteiger partial charge in [-0.2, -0.15) is 0 Å². The third-order valence-corrected chi connectivity index (χ3v) is 2.95. The van der Waals surface area contributed by atoms with Gasteiger partial charge in [-0.15, -0.1) is 0 Å². The molecule has 0 radical (unpaired) electrons. The molecular formula is C15H20N2O6. The van der Waals surface area contributed by atoms with Gasteiger partial charge in [0, 0.05) is 12.1 Å². The minimum atomic E-state index is -0.729. The molecule has 0 aliphatic heterocycles. The van der Waals surface area contributed by atoms with Crippen molar-refractivity contribution in [3.63, 3.8) is 0 Å². The molecule has 0 bridgehead atoms. The van der Waals surface area contributed by atoms with Crippen molar-refractivity contribution in [3.05, 3.63) is 34.4 Å². The fourth-order valence-corrected chi connectivity index (χ4v) is 1.88. The first-order valence-corrected chi connectivity index (χ1v) is 7.08. The van der Waals surface area contributed by atoms with E-state index < -0.39 is 22.8 Å². The summed E-state index contributed by atoms with van der Waals surface area (Å²) in [6, 6.07) is 4.63. The maximum Gasteiger partial charge on any atom is 0.328 e. The van der Waals surface area contributed by atoms with Crippen molar-refractivity contribution in [2.75, 3.05) is 13.7 Å². The van der Waals surface area contributed by atoms with Crippen LogP contribution in [0.5, 0.6) is 5.75 Å². The number of non-ortho nitro benzene ring substituents is 1. The van der Waals surface area contributed by atoms with E-state index in [2.05, 4.69) is 10.1 Å². The number of amides is 1. The molecule has 0 fully saturated rings. The normalized spacial score (nSPS) is 11.7. The molecule has 8 nitrogen and oxygen atoms in total. The van der Waals surface area contributed by atoms with Gasteiger partial charge in [-0.1, -0.05) is 13.8 Å². The molecule has 1 rings (SSSR count). The van der Waals surface area contributed by atoms with Crippen molar-refractivity contribution >= 4 is 17.6 Å². The highest BCUT2D eigenvalue weighted by atomic mass is 16.6. The van der Waals surface area contributed by atoms with Gasteiger partial charge in [0.15, 0.2) is 6.61 Å². The zero-order valence-electron chi connectivity index (χ0n) is 13.3. The second kappa shape index (κ2) is 8.72. The van der Waals surface area contributed by atoms with E-state index in [-0.39, 0.29) is 18.2 Å². The molecule has 0 unspecified atom stereocenters. The van der Waals surface area contributed by atoms with Gasteiger partial charge in [-0.05, 0) is 24.5 Å². The highest BCUT2D eigenvalue weighted by molar-refractivity contribution is 5.85. The Labute approximate surface area is 133 Å². The highest BCUT2D eigenvalue weighted by Crippen LogP contribution is 2.17. The van der Waals surface area contributed by atoms with E-state index >= 15 is 0 Å². The first kappa shape index (κ1) is 18.4. The Kier molecular flexibility index (Phi) is 6.98. The van der Waals surface area contributed by atoms with Crippen LogP contribution in [0.25, 0.3) is 0 Å². The number of ether oxygens (including phenoxy) is 2. The van der Waals surface area contributed by atoms with Crippen LogP contribution in [0, 0.1) is 16.0 Å². The van der Waals surface area contributed by atoms with Crippen LogP contribution < -0.4 is 10.1 Å². The number of methoxy groups -OCH3 is 1. The van der Waals surface area contributed by atoms with E-state index in [1.807, 2.05) is 13.8 Å². The molecule has 1 aromatic carbocycles. The average Bonchev–Trinajstić information content (AvgIpc) is 2.51. The van der Waals surface area contributed by atoms with Gasteiger partial charge >= 0.3 is 5.97 Å². The number of nitro groups is 1. The largest absolute Gasteiger partial charge is 0.484 e. The van der Waals surface area contributed by atoms with Crippen molar-refractivity contribution in [3.8, 4) is 5.75 Å². The SMILES string of the molecule is COC(=O)[C@H](CC(C)C)NC(=O)COc1ccc([N+](=O)[O-])cc1. The summed E-state index contributed by atoms with van der Waals surface area (Å²) in [5, 5.41) is 13.1. The molecule has 126 valence electrons. The van der Waals surface area contributed by atoms with Crippen molar-refractivity contribution in [1.82, 2.24) is 5.32 Å². The molecular weight excluding hydrogens is 304 g/mol. The molecule has 0 heterocycles. The van der Waals surface area contributed by atoms with Gasteiger partial charge in [-0.3, -0.25) is 14.9 Å². The Morgan fingerprint density at radius 3 is 2.35 bits per heavy atom. The van der Waals surface area contributed by atoms with Crippen LogP contribution in [0.3, 0.4) is 0 Å². The van der Waals surface area contributed by atoms with Crippen molar-refractivity contribution in [1.29, 1.82) is 0 Å².